The first kappa shape index (κ1) is 10.6. The lowest BCUT2D eigenvalue weighted by Gasteiger charge is -2.02. The molecule has 0 saturated heterocycles. The summed E-state index contributed by atoms with van der Waals surface area (Å²) in [5, 5.41) is 11.8. The van der Waals surface area contributed by atoms with E-state index in [1.165, 1.54) is 0 Å². The van der Waals surface area contributed by atoms with Crippen molar-refractivity contribution in [2.24, 2.45) is 5.73 Å². The largest absolute Gasteiger partial charge is 0.396 e. The molecule has 1 unspecified atom stereocenters. The summed E-state index contributed by atoms with van der Waals surface area (Å²) in [6.07, 6.45) is 1.67. The maximum Gasteiger partial charge on any atom is 0.0929 e. The maximum absolute atomic E-state index is 8.65. The standard InChI is InChI=1S/C9H16N2OS/c1-7(5-10)8-6-13-9(11-8)3-2-4-12/h6-7,12H,2-5,10H2,1H3. The molecule has 0 radical (unpaired) electrons. The molecule has 1 heterocycles. The average molecular weight is 200 g/mol. The van der Waals surface area contributed by atoms with Crippen LogP contribution in [0.1, 0.15) is 30.0 Å². The maximum atomic E-state index is 8.65. The van der Waals surface area contributed by atoms with E-state index in [0.717, 1.165) is 23.5 Å². The van der Waals surface area contributed by atoms with Crippen LogP contribution in [0.5, 0.6) is 0 Å². The van der Waals surface area contributed by atoms with Gasteiger partial charge in [-0.2, -0.15) is 0 Å². The van der Waals surface area contributed by atoms with E-state index in [0.29, 0.717) is 12.5 Å². The lowest BCUT2D eigenvalue weighted by molar-refractivity contribution is 0.288. The number of nitrogens with zero attached hydrogens (tertiary/aromatic N) is 1. The van der Waals surface area contributed by atoms with Crippen molar-refractivity contribution >= 4 is 11.3 Å². The highest BCUT2D eigenvalue weighted by atomic mass is 32.1. The van der Waals surface area contributed by atoms with Gasteiger partial charge in [-0.05, 0) is 6.42 Å². The van der Waals surface area contributed by atoms with Crippen LogP contribution >= 0.6 is 11.3 Å². The molecule has 3 nitrogen and oxygen atoms in total. The molecule has 1 atom stereocenters. The van der Waals surface area contributed by atoms with Crippen LogP contribution in [0.3, 0.4) is 0 Å². The molecule has 0 aliphatic rings. The summed E-state index contributed by atoms with van der Waals surface area (Å²) in [6.45, 7) is 2.95. The third-order valence-corrected chi connectivity index (χ3v) is 2.90. The second-order valence-corrected chi connectivity index (χ2v) is 4.07. The van der Waals surface area contributed by atoms with Crippen LogP contribution < -0.4 is 5.73 Å². The van der Waals surface area contributed by atoms with Gasteiger partial charge in [0.25, 0.3) is 0 Å². The van der Waals surface area contributed by atoms with Gasteiger partial charge in [0.15, 0.2) is 0 Å². The van der Waals surface area contributed by atoms with Gasteiger partial charge in [0.1, 0.15) is 0 Å². The minimum absolute atomic E-state index is 0.237. The van der Waals surface area contributed by atoms with Crippen molar-refractivity contribution in [3.05, 3.63) is 16.1 Å². The number of aryl methyl sites for hydroxylation is 1. The summed E-state index contributed by atoms with van der Waals surface area (Å²) in [7, 11) is 0. The molecule has 0 fully saturated rings. The Hall–Kier alpha value is -0.450. The number of aliphatic hydroxyl groups is 1. The molecule has 3 N–H and O–H groups in total. The van der Waals surface area contributed by atoms with Crippen LogP contribution in [-0.4, -0.2) is 23.2 Å². The van der Waals surface area contributed by atoms with Gasteiger partial charge in [-0.1, -0.05) is 6.92 Å². The van der Waals surface area contributed by atoms with E-state index >= 15 is 0 Å². The highest BCUT2D eigenvalue weighted by molar-refractivity contribution is 7.09. The molecule has 0 bridgehead atoms. The molecule has 1 aromatic heterocycles. The van der Waals surface area contributed by atoms with E-state index in [9.17, 15) is 0 Å². The highest BCUT2D eigenvalue weighted by Crippen LogP contribution is 2.18. The first-order valence-electron chi connectivity index (χ1n) is 4.53. The predicted octanol–water partition coefficient (Wildman–Crippen LogP) is 1.13. The number of aliphatic hydroxyl groups excluding tert-OH is 1. The van der Waals surface area contributed by atoms with Crippen molar-refractivity contribution in [1.82, 2.24) is 4.98 Å². The number of nitrogens with two attached hydrogens (primary N) is 1. The summed E-state index contributed by atoms with van der Waals surface area (Å²) in [6, 6.07) is 0. The molecule has 0 saturated carbocycles. The van der Waals surface area contributed by atoms with Crippen LogP contribution in [0.4, 0.5) is 0 Å². The molecular formula is C9H16N2OS. The van der Waals surface area contributed by atoms with Gasteiger partial charge < -0.3 is 10.8 Å². The average Bonchev–Trinajstić information content (AvgIpc) is 2.62. The Bertz CT molecular complexity index is 250. The quantitative estimate of drug-likeness (QED) is 0.749. The Morgan fingerprint density at radius 1 is 1.69 bits per heavy atom. The molecule has 4 heteroatoms. The van der Waals surface area contributed by atoms with Crippen molar-refractivity contribution in [2.75, 3.05) is 13.2 Å². The monoisotopic (exact) mass is 200 g/mol. The van der Waals surface area contributed by atoms with E-state index in [2.05, 4.69) is 17.3 Å². The van der Waals surface area contributed by atoms with E-state index in [1.807, 2.05) is 0 Å². The highest BCUT2D eigenvalue weighted by Gasteiger charge is 2.07. The van der Waals surface area contributed by atoms with E-state index in [4.69, 9.17) is 10.8 Å². The first-order chi connectivity index (χ1) is 6.27. The number of aromatic nitrogens is 1. The van der Waals surface area contributed by atoms with Gasteiger partial charge in [0.2, 0.25) is 0 Å². The zero-order chi connectivity index (χ0) is 9.68. The molecule has 0 aromatic carbocycles. The molecular weight excluding hydrogens is 184 g/mol. The summed E-state index contributed by atoms with van der Waals surface area (Å²) in [4.78, 5) is 4.45. The molecule has 0 spiro atoms. The SMILES string of the molecule is CC(CN)c1csc(CCCO)n1. The van der Waals surface area contributed by atoms with Crippen molar-refractivity contribution in [3.63, 3.8) is 0 Å². The second-order valence-electron chi connectivity index (χ2n) is 3.13. The van der Waals surface area contributed by atoms with Crippen molar-refractivity contribution < 1.29 is 5.11 Å². The topological polar surface area (TPSA) is 59.1 Å². The molecule has 1 aromatic rings. The summed E-state index contributed by atoms with van der Waals surface area (Å²) in [5.74, 6) is 0.346. The van der Waals surface area contributed by atoms with Gasteiger partial charge in [-0.3, -0.25) is 0 Å². The van der Waals surface area contributed by atoms with Gasteiger partial charge in [0.05, 0.1) is 10.7 Å². The van der Waals surface area contributed by atoms with E-state index in [-0.39, 0.29) is 6.61 Å². The fraction of sp³-hybridized carbons (Fsp3) is 0.667. The molecule has 0 aliphatic heterocycles. The third-order valence-electron chi connectivity index (χ3n) is 1.98. The van der Waals surface area contributed by atoms with Crippen molar-refractivity contribution in [1.29, 1.82) is 0 Å². The normalized spacial score (nSPS) is 13.2. The minimum atomic E-state index is 0.237. The fourth-order valence-electron chi connectivity index (χ4n) is 1.02. The van der Waals surface area contributed by atoms with Crippen LogP contribution in [-0.2, 0) is 6.42 Å². The molecule has 74 valence electrons. The lowest BCUT2D eigenvalue weighted by atomic mass is 10.1. The lowest BCUT2D eigenvalue weighted by Crippen LogP contribution is -2.09. The van der Waals surface area contributed by atoms with Crippen LogP contribution in [0.25, 0.3) is 0 Å². The predicted molar refractivity (Wildman–Crippen MR) is 55.0 cm³/mol. The Balaban J connectivity index is 2.53. The van der Waals surface area contributed by atoms with Gasteiger partial charge in [0, 0.05) is 30.9 Å². The Morgan fingerprint density at radius 2 is 2.46 bits per heavy atom. The number of rotatable bonds is 5. The van der Waals surface area contributed by atoms with Gasteiger partial charge >= 0.3 is 0 Å². The van der Waals surface area contributed by atoms with E-state index < -0.39 is 0 Å². The molecule has 0 amide bonds. The van der Waals surface area contributed by atoms with Crippen LogP contribution in [0.2, 0.25) is 0 Å². The fourth-order valence-corrected chi connectivity index (χ4v) is 1.98. The zero-order valence-electron chi connectivity index (χ0n) is 7.86. The molecule has 13 heavy (non-hydrogen) atoms. The summed E-state index contributed by atoms with van der Waals surface area (Å²) >= 11 is 1.66. The summed E-state index contributed by atoms with van der Waals surface area (Å²) in [5.41, 5.74) is 6.62. The Kier molecular flexibility index (Phi) is 4.35. The molecule has 0 aliphatic carbocycles. The Morgan fingerprint density at radius 3 is 3.08 bits per heavy atom. The smallest absolute Gasteiger partial charge is 0.0929 e. The first-order valence-corrected chi connectivity index (χ1v) is 5.41. The second kappa shape index (κ2) is 5.32. The van der Waals surface area contributed by atoms with Crippen LogP contribution in [0.15, 0.2) is 5.38 Å². The van der Waals surface area contributed by atoms with Gasteiger partial charge in [-0.25, -0.2) is 4.98 Å². The van der Waals surface area contributed by atoms with Crippen LogP contribution in [0, 0.1) is 0 Å². The number of hydrogen-bond acceptors (Lipinski definition) is 4. The zero-order valence-corrected chi connectivity index (χ0v) is 8.68. The van der Waals surface area contributed by atoms with Gasteiger partial charge in [-0.15, -0.1) is 11.3 Å². The summed E-state index contributed by atoms with van der Waals surface area (Å²) < 4.78 is 0. The molecule has 1 rings (SSSR count). The van der Waals surface area contributed by atoms with Crippen molar-refractivity contribution in [3.8, 4) is 0 Å². The third kappa shape index (κ3) is 3.06. The van der Waals surface area contributed by atoms with Crippen molar-refractivity contribution in [2.45, 2.75) is 25.7 Å². The minimum Gasteiger partial charge on any atom is -0.396 e. The number of hydrogen-bond donors (Lipinski definition) is 2. The van der Waals surface area contributed by atoms with E-state index in [1.54, 1.807) is 11.3 Å². The number of thiazole rings is 1. The Labute approximate surface area is 82.6 Å².